The van der Waals surface area contributed by atoms with Crippen LogP contribution in [0.2, 0.25) is 0 Å². The van der Waals surface area contributed by atoms with Gasteiger partial charge >= 0.3 is 0 Å². The lowest BCUT2D eigenvalue weighted by molar-refractivity contribution is 0.584. The molecule has 1 aliphatic carbocycles. The Labute approximate surface area is 71.4 Å². The van der Waals surface area contributed by atoms with Gasteiger partial charge in [-0.25, -0.2) is 4.39 Å². The van der Waals surface area contributed by atoms with Crippen molar-refractivity contribution in [2.75, 3.05) is 6.54 Å². The SMILES string of the molecule is NCC1CCc2cccc(F)c21. The molecule has 0 fully saturated rings. The molecular formula is C10H12FN. The van der Waals surface area contributed by atoms with Crippen LogP contribution in [0.4, 0.5) is 4.39 Å². The molecule has 1 aromatic carbocycles. The van der Waals surface area contributed by atoms with E-state index in [1.54, 1.807) is 6.07 Å². The fourth-order valence-corrected chi connectivity index (χ4v) is 1.97. The number of fused-ring (bicyclic) bond motifs is 1. The molecule has 12 heavy (non-hydrogen) atoms. The van der Waals surface area contributed by atoms with E-state index in [0.717, 1.165) is 24.0 Å². The highest BCUT2D eigenvalue weighted by Gasteiger charge is 2.23. The van der Waals surface area contributed by atoms with Crippen molar-refractivity contribution < 1.29 is 4.39 Å². The van der Waals surface area contributed by atoms with Gasteiger partial charge in [0.2, 0.25) is 0 Å². The van der Waals surface area contributed by atoms with Crippen LogP contribution in [0, 0.1) is 5.82 Å². The highest BCUT2D eigenvalue weighted by Crippen LogP contribution is 2.33. The van der Waals surface area contributed by atoms with Crippen molar-refractivity contribution >= 4 is 0 Å². The van der Waals surface area contributed by atoms with Gasteiger partial charge in [0.05, 0.1) is 0 Å². The Morgan fingerprint density at radius 2 is 2.33 bits per heavy atom. The van der Waals surface area contributed by atoms with E-state index in [-0.39, 0.29) is 11.7 Å². The molecule has 1 nitrogen and oxygen atoms in total. The zero-order valence-electron chi connectivity index (χ0n) is 6.89. The summed E-state index contributed by atoms with van der Waals surface area (Å²) in [6, 6.07) is 5.29. The number of hydrogen-bond donors (Lipinski definition) is 1. The molecule has 0 aromatic heterocycles. The van der Waals surface area contributed by atoms with Gasteiger partial charge in [0, 0.05) is 0 Å². The first-order chi connectivity index (χ1) is 5.83. The van der Waals surface area contributed by atoms with Crippen LogP contribution >= 0.6 is 0 Å². The van der Waals surface area contributed by atoms with Gasteiger partial charge in [0.15, 0.2) is 0 Å². The molecule has 1 atom stereocenters. The van der Waals surface area contributed by atoms with Crippen molar-refractivity contribution in [1.82, 2.24) is 0 Å². The maximum absolute atomic E-state index is 13.3. The Hall–Kier alpha value is -0.890. The third-order valence-corrected chi connectivity index (χ3v) is 2.60. The van der Waals surface area contributed by atoms with Gasteiger partial charge in [0.1, 0.15) is 5.82 Å². The van der Waals surface area contributed by atoms with E-state index in [4.69, 9.17) is 5.73 Å². The number of aryl methyl sites for hydroxylation is 1. The van der Waals surface area contributed by atoms with Crippen LogP contribution in [0.3, 0.4) is 0 Å². The third-order valence-electron chi connectivity index (χ3n) is 2.60. The zero-order valence-corrected chi connectivity index (χ0v) is 6.89. The standard InChI is InChI=1S/C10H12FN/c11-9-3-1-2-7-4-5-8(6-12)10(7)9/h1-3,8H,4-6,12H2. The summed E-state index contributed by atoms with van der Waals surface area (Å²) in [5, 5.41) is 0. The molecule has 0 bridgehead atoms. The normalized spacial score (nSPS) is 21.0. The second kappa shape index (κ2) is 2.87. The van der Waals surface area contributed by atoms with Crippen LogP contribution in [-0.2, 0) is 6.42 Å². The first kappa shape index (κ1) is 7.74. The Kier molecular flexibility index (Phi) is 1.85. The molecule has 2 N–H and O–H groups in total. The predicted octanol–water partition coefficient (Wildman–Crippen LogP) is 1.81. The number of hydrogen-bond acceptors (Lipinski definition) is 1. The van der Waals surface area contributed by atoms with E-state index < -0.39 is 0 Å². The lowest BCUT2D eigenvalue weighted by Crippen LogP contribution is -2.10. The highest BCUT2D eigenvalue weighted by molar-refractivity contribution is 5.36. The lowest BCUT2D eigenvalue weighted by Gasteiger charge is -2.08. The lowest BCUT2D eigenvalue weighted by atomic mass is 10.0. The first-order valence-corrected chi connectivity index (χ1v) is 4.30. The molecular weight excluding hydrogens is 153 g/mol. The average molecular weight is 165 g/mol. The minimum atomic E-state index is -0.0829. The number of nitrogens with two attached hydrogens (primary N) is 1. The third kappa shape index (κ3) is 1.03. The number of benzene rings is 1. The van der Waals surface area contributed by atoms with Crippen molar-refractivity contribution in [3.8, 4) is 0 Å². The molecule has 0 heterocycles. The van der Waals surface area contributed by atoms with Gasteiger partial charge in [-0.1, -0.05) is 12.1 Å². The smallest absolute Gasteiger partial charge is 0.127 e. The predicted molar refractivity (Wildman–Crippen MR) is 46.5 cm³/mol. The molecule has 0 amide bonds. The molecule has 0 spiro atoms. The maximum atomic E-state index is 13.3. The first-order valence-electron chi connectivity index (χ1n) is 4.30. The van der Waals surface area contributed by atoms with Crippen LogP contribution < -0.4 is 5.73 Å². The Morgan fingerprint density at radius 1 is 1.50 bits per heavy atom. The summed E-state index contributed by atoms with van der Waals surface area (Å²) < 4.78 is 13.3. The molecule has 2 rings (SSSR count). The summed E-state index contributed by atoms with van der Waals surface area (Å²) in [7, 11) is 0. The Balaban J connectivity index is 2.48. The molecule has 0 radical (unpaired) electrons. The van der Waals surface area contributed by atoms with Gasteiger partial charge in [-0.3, -0.25) is 0 Å². The topological polar surface area (TPSA) is 26.0 Å². The average Bonchev–Trinajstić information content (AvgIpc) is 2.49. The number of rotatable bonds is 1. The number of halogens is 1. The van der Waals surface area contributed by atoms with Crippen LogP contribution in [0.1, 0.15) is 23.5 Å². The summed E-state index contributed by atoms with van der Waals surface area (Å²) in [5.74, 6) is 0.168. The van der Waals surface area contributed by atoms with Crippen molar-refractivity contribution in [2.24, 2.45) is 5.73 Å². The van der Waals surface area contributed by atoms with E-state index in [2.05, 4.69) is 0 Å². The van der Waals surface area contributed by atoms with Crippen LogP contribution in [0.25, 0.3) is 0 Å². The van der Waals surface area contributed by atoms with Gasteiger partial charge in [-0.2, -0.15) is 0 Å². The second-order valence-corrected chi connectivity index (χ2v) is 3.28. The van der Waals surface area contributed by atoms with E-state index >= 15 is 0 Å². The van der Waals surface area contributed by atoms with Gasteiger partial charge in [-0.05, 0) is 42.5 Å². The summed E-state index contributed by atoms with van der Waals surface area (Å²) >= 11 is 0. The monoisotopic (exact) mass is 165 g/mol. The van der Waals surface area contributed by atoms with Crippen LogP contribution in [0.5, 0.6) is 0 Å². The van der Waals surface area contributed by atoms with E-state index in [9.17, 15) is 4.39 Å². The minimum absolute atomic E-state index is 0.0829. The van der Waals surface area contributed by atoms with Crippen molar-refractivity contribution in [3.05, 3.63) is 35.1 Å². The van der Waals surface area contributed by atoms with Crippen molar-refractivity contribution in [3.63, 3.8) is 0 Å². The molecule has 0 aliphatic heterocycles. The zero-order chi connectivity index (χ0) is 8.55. The largest absolute Gasteiger partial charge is 0.330 e. The van der Waals surface area contributed by atoms with Crippen molar-refractivity contribution in [1.29, 1.82) is 0 Å². The molecule has 1 unspecified atom stereocenters. The van der Waals surface area contributed by atoms with Crippen molar-refractivity contribution in [2.45, 2.75) is 18.8 Å². The fourth-order valence-electron chi connectivity index (χ4n) is 1.97. The van der Waals surface area contributed by atoms with E-state index in [1.165, 1.54) is 6.07 Å². The summed E-state index contributed by atoms with van der Waals surface area (Å²) in [6.07, 6.45) is 1.99. The van der Waals surface area contributed by atoms with E-state index in [0.29, 0.717) is 6.54 Å². The molecule has 0 saturated heterocycles. The van der Waals surface area contributed by atoms with Crippen LogP contribution in [-0.4, -0.2) is 6.54 Å². The minimum Gasteiger partial charge on any atom is -0.330 e. The molecule has 1 aromatic rings. The second-order valence-electron chi connectivity index (χ2n) is 3.28. The van der Waals surface area contributed by atoms with Gasteiger partial charge < -0.3 is 5.73 Å². The Bertz CT molecular complexity index is 296. The summed E-state index contributed by atoms with van der Waals surface area (Å²) in [4.78, 5) is 0. The molecule has 2 heteroatoms. The summed E-state index contributed by atoms with van der Waals surface area (Å²) in [6.45, 7) is 0.563. The maximum Gasteiger partial charge on any atom is 0.127 e. The molecule has 0 saturated carbocycles. The van der Waals surface area contributed by atoms with Gasteiger partial charge in [0.25, 0.3) is 0 Å². The Morgan fingerprint density at radius 3 is 3.08 bits per heavy atom. The molecule has 64 valence electrons. The molecule has 1 aliphatic rings. The van der Waals surface area contributed by atoms with Gasteiger partial charge in [-0.15, -0.1) is 0 Å². The highest BCUT2D eigenvalue weighted by atomic mass is 19.1. The van der Waals surface area contributed by atoms with Crippen LogP contribution in [0.15, 0.2) is 18.2 Å². The quantitative estimate of drug-likeness (QED) is 0.674. The fraction of sp³-hybridized carbons (Fsp3) is 0.400. The van der Waals surface area contributed by atoms with E-state index in [1.807, 2.05) is 6.07 Å². The summed E-state index contributed by atoms with van der Waals surface area (Å²) in [5.41, 5.74) is 7.56.